The minimum Gasteiger partial charge on any atom is -0.462 e. The fourth-order valence-electron chi connectivity index (χ4n) is 9.84. The quantitative estimate of drug-likeness (QED) is 0.0941. The van der Waals surface area contributed by atoms with E-state index in [0.29, 0.717) is 31.0 Å². The Bertz CT molecular complexity index is 982. The van der Waals surface area contributed by atoms with Crippen LogP contribution in [0.3, 0.4) is 0 Å². The van der Waals surface area contributed by atoms with Gasteiger partial charge in [0.25, 0.3) is 0 Å². The van der Waals surface area contributed by atoms with Crippen molar-refractivity contribution in [1.29, 1.82) is 0 Å². The van der Waals surface area contributed by atoms with Gasteiger partial charge in [0.1, 0.15) is 11.9 Å². The molecule has 4 heteroatoms. The van der Waals surface area contributed by atoms with Crippen LogP contribution in [0.5, 0.6) is 0 Å². The van der Waals surface area contributed by atoms with Crippen molar-refractivity contribution >= 4 is 17.5 Å². The molecule has 0 aliphatic heterocycles. The summed E-state index contributed by atoms with van der Waals surface area (Å²) in [7, 11) is 0. The lowest BCUT2D eigenvalue weighted by molar-refractivity contribution is -0.152. The summed E-state index contributed by atoms with van der Waals surface area (Å²) in [4.78, 5) is 38.8. The second-order valence-corrected chi connectivity index (χ2v) is 16.1. The molecule has 45 heavy (non-hydrogen) atoms. The second-order valence-electron chi connectivity index (χ2n) is 16.1. The van der Waals surface area contributed by atoms with Crippen LogP contribution in [-0.2, 0) is 19.1 Å². The van der Waals surface area contributed by atoms with Gasteiger partial charge in [0, 0.05) is 30.6 Å². The van der Waals surface area contributed by atoms with Gasteiger partial charge in [-0.2, -0.15) is 0 Å². The molecule has 4 rings (SSSR count). The number of allylic oxidation sites excluding steroid dienone is 1. The van der Waals surface area contributed by atoms with Crippen LogP contribution >= 0.6 is 0 Å². The maximum atomic E-state index is 13.4. The third-order valence-electron chi connectivity index (χ3n) is 12.9. The molecule has 4 nitrogen and oxygen atoms in total. The summed E-state index contributed by atoms with van der Waals surface area (Å²) in [6.45, 7) is 6.76. The monoisotopic (exact) mass is 625 g/mol. The first-order valence-electron chi connectivity index (χ1n) is 19.8. The average molecular weight is 625 g/mol. The van der Waals surface area contributed by atoms with Gasteiger partial charge in [-0.05, 0) is 61.9 Å². The summed E-state index contributed by atoms with van der Waals surface area (Å²) in [5.74, 6) is 1.08. The number of rotatable bonds is 21. The Morgan fingerprint density at radius 2 is 1.18 bits per heavy atom. The van der Waals surface area contributed by atoms with E-state index in [9.17, 15) is 14.4 Å². The van der Waals surface area contributed by atoms with Crippen molar-refractivity contribution in [2.75, 3.05) is 0 Å². The number of unbranched alkanes of at least 4 members (excludes halogenated alkanes) is 18. The van der Waals surface area contributed by atoms with E-state index in [4.69, 9.17) is 4.74 Å². The molecule has 256 valence electrons. The molecule has 3 fully saturated rings. The van der Waals surface area contributed by atoms with E-state index in [-0.39, 0.29) is 40.5 Å². The average Bonchev–Trinajstić information content (AvgIpc) is 3.33. The van der Waals surface area contributed by atoms with Gasteiger partial charge in [-0.15, -0.1) is 0 Å². The predicted molar refractivity (Wildman–Crippen MR) is 185 cm³/mol. The Kier molecular flexibility index (Phi) is 14.7. The van der Waals surface area contributed by atoms with Crippen LogP contribution in [-0.4, -0.2) is 23.6 Å². The zero-order valence-electron chi connectivity index (χ0n) is 29.6. The molecule has 0 saturated heterocycles. The SMILES string of the molecule is CCCCCCCCCCCCCCCCCCCCCC(=O)O[C@H]1CC[C@@]2(C)C(=CC(=O)[C@@H]3[C@@H]2CC[C@]2(C)C(=O)CC[C@@H]32)C1. The van der Waals surface area contributed by atoms with Crippen molar-refractivity contribution < 1.29 is 19.1 Å². The van der Waals surface area contributed by atoms with Gasteiger partial charge in [0.2, 0.25) is 0 Å². The molecule has 0 N–H and O–H groups in total. The van der Waals surface area contributed by atoms with E-state index in [0.717, 1.165) is 44.9 Å². The van der Waals surface area contributed by atoms with E-state index >= 15 is 0 Å². The molecule has 0 unspecified atom stereocenters. The number of carbonyl (C=O) groups excluding carboxylic acids is 3. The van der Waals surface area contributed by atoms with Crippen LogP contribution in [0.2, 0.25) is 0 Å². The normalized spacial score (nSPS) is 30.9. The maximum absolute atomic E-state index is 13.4. The highest BCUT2D eigenvalue weighted by Crippen LogP contribution is 2.63. The van der Waals surface area contributed by atoms with E-state index in [1.54, 1.807) is 0 Å². The first-order chi connectivity index (χ1) is 21.8. The van der Waals surface area contributed by atoms with Crippen LogP contribution in [0.15, 0.2) is 11.6 Å². The minimum atomic E-state index is -0.294. The smallest absolute Gasteiger partial charge is 0.306 e. The molecule has 0 aromatic rings. The summed E-state index contributed by atoms with van der Waals surface area (Å²) in [5.41, 5.74) is 0.910. The molecule has 0 bridgehead atoms. The Morgan fingerprint density at radius 3 is 1.73 bits per heavy atom. The lowest BCUT2D eigenvalue weighted by Crippen LogP contribution is -2.53. The molecule has 6 atom stereocenters. The van der Waals surface area contributed by atoms with E-state index in [1.807, 2.05) is 6.08 Å². The third kappa shape index (κ3) is 9.79. The Labute approximate surface area is 276 Å². The molecule has 0 aromatic carbocycles. The molecule has 4 aliphatic carbocycles. The van der Waals surface area contributed by atoms with Gasteiger partial charge >= 0.3 is 5.97 Å². The summed E-state index contributed by atoms with van der Waals surface area (Å²) >= 11 is 0. The van der Waals surface area contributed by atoms with E-state index in [1.165, 1.54) is 115 Å². The lowest BCUT2D eigenvalue weighted by Gasteiger charge is -2.56. The molecule has 0 aromatic heterocycles. The number of carbonyl (C=O) groups is 3. The van der Waals surface area contributed by atoms with Crippen LogP contribution < -0.4 is 0 Å². The molecule has 3 saturated carbocycles. The molecule has 0 spiro atoms. The summed E-state index contributed by atoms with van der Waals surface area (Å²) in [6, 6.07) is 0. The van der Waals surface area contributed by atoms with Crippen molar-refractivity contribution in [3.63, 3.8) is 0 Å². The third-order valence-corrected chi connectivity index (χ3v) is 12.9. The van der Waals surface area contributed by atoms with Crippen molar-refractivity contribution in [3.8, 4) is 0 Å². The highest BCUT2D eigenvalue weighted by atomic mass is 16.5. The first-order valence-corrected chi connectivity index (χ1v) is 19.8. The van der Waals surface area contributed by atoms with Crippen LogP contribution in [0.4, 0.5) is 0 Å². The highest BCUT2D eigenvalue weighted by Gasteiger charge is 2.61. The molecule has 0 radical (unpaired) electrons. The molecular weight excluding hydrogens is 556 g/mol. The highest BCUT2D eigenvalue weighted by molar-refractivity contribution is 5.96. The fraction of sp³-hybridized carbons (Fsp3) is 0.878. The first kappa shape index (κ1) is 36.4. The summed E-state index contributed by atoms with van der Waals surface area (Å²) < 4.78 is 5.96. The van der Waals surface area contributed by atoms with Crippen molar-refractivity contribution in [3.05, 3.63) is 11.6 Å². The number of hydrogen-bond donors (Lipinski definition) is 0. The number of esters is 1. The number of fused-ring (bicyclic) bond motifs is 5. The zero-order chi connectivity index (χ0) is 32.1. The van der Waals surface area contributed by atoms with E-state index in [2.05, 4.69) is 20.8 Å². The van der Waals surface area contributed by atoms with Gasteiger partial charge < -0.3 is 4.74 Å². The van der Waals surface area contributed by atoms with Gasteiger partial charge in [0.05, 0.1) is 0 Å². The van der Waals surface area contributed by atoms with Crippen LogP contribution in [0.25, 0.3) is 0 Å². The molecular formula is C41H68O4. The Balaban J connectivity index is 1.00. The topological polar surface area (TPSA) is 60.4 Å². The maximum Gasteiger partial charge on any atom is 0.306 e. The van der Waals surface area contributed by atoms with E-state index < -0.39 is 0 Å². The number of Topliss-reactive ketones (excluding diaryl/α,β-unsaturated/α-hetero) is 1. The van der Waals surface area contributed by atoms with Gasteiger partial charge in [-0.1, -0.05) is 142 Å². The van der Waals surface area contributed by atoms with Crippen molar-refractivity contribution in [2.45, 2.75) is 200 Å². The van der Waals surface area contributed by atoms with Crippen molar-refractivity contribution in [1.82, 2.24) is 0 Å². The van der Waals surface area contributed by atoms with Crippen molar-refractivity contribution in [2.24, 2.45) is 28.6 Å². The summed E-state index contributed by atoms with van der Waals surface area (Å²) in [6.07, 6.45) is 34.0. The van der Waals surface area contributed by atoms with Crippen LogP contribution in [0.1, 0.15) is 194 Å². The van der Waals surface area contributed by atoms with Gasteiger partial charge in [0.15, 0.2) is 5.78 Å². The molecule has 4 aliphatic rings. The minimum absolute atomic E-state index is 0.00139. The number of ether oxygens (including phenoxy) is 1. The van der Waals surface area contributed by atoms with Gasteiger partial charge in [-0.25, -0.2) is 0 Å². The van der Waals surface area contributed by atoms with Gasteiger partial charge in [-0.3, -0.25) is 14.4 Å². The predicted octanol–water partition coefficient (Wildman–Crippen LogP) is 11.4. The largest absolute Gasteiger partial charge is 0.462 e. The number of hydrogen-bond acceptors (Lipinski definition) is 4. The zero-order valence-corrected chi connectivity index (χ0v) is 29.6. The standard InChI is InChI=1S/C41H68O4/c1-4-5-6-7-8-9-10-11-12-13-14-15-16-17-18-19-20-21-22-23-38(44)45-33-26-28-40(2)32(30-33)31-36(42)39-34-24-25-37(43)41(34,3)29-27-35(39)40/h31,33-35,39H,4-30H2,1-3H3/t33-,34-,35-,39-,40-,41-/m0/s1. The Hall–Kier alpha value is -1.45. The lowest BCUT2D eigenvalue weighted by atomic mass is 9.48. The Morgan fingerprint density at radius 1 is 0.689 bits per heavy atom. The summed E-state index contributed by atoms with van der Waals surface area (Å²) in [5, 5.41) is 0. The number of ketones is 2. The molecule has 0 heterocycles. The fourth-order valence-corrected chi connectivity index (χ4v) is 9.84. The molecule has 0 amide bonds. The van der Waals surface area contributed by atoms with Crippen LogP contribution in [0, 0.1) is 28.6 Å². The second kappa shape index (κ2) is 18.2.